The molecule has 0 heterocycles. The van der Waals surface area contributed by atoms with E-state index >= 15 is 0 Å². The topological polar surface area (TPSA) is 76.1 Å². The Morgan fingerprint density at radius 3 is 2.68 bits per heavy atom. The second-order valence-corrected chi connectivity index (χ2v) is 4.21. The quantitative estimate of drug-likeness (QED) is 0.671. The lowest BCUT2D eigenvalue weighted by molar-refractivity contribution is -0.149. The van der Waals surface area contributed by atoms with Gasteiger partial charge in [-0.3, -0.25) is 4.79 Å². The van der Waals surface area contributed by atoms with Crippen molar-refractivity contribution >= 4 is 11.7 Å². The molecule has 2 N–H and O–H groups in total. The largest absolute Gasteiger partial charge is 0.465 e. The third kappa shape index (κ3) is 2.65. The minimum Gasteiger partial charge on any atom is -0.465 e. The van der Waals surface area contributed by atoms with Crippen molar-refractivity contribution in [3.63, 3.8) is 0 Å². The third-order valence-corrected chi connectivity index (χ3v) is 2.84. The smallest absolute Gasteiger partial charge is 0.317 e. The van der Waals surface area contributed by atoms with E-state index in [-0.39, 0.29) is 24.3 Å². The van der Waals surface area contributed by atoms with Crippen molar-refractivity contribution < 1.29 is 18.3 Å². The summed E-state index contributed by atoms with van der Waals surface area (Å²) in [5.74, 6) is -3.17. The minimum atomic E-state index is -1.64. The number of nitrogens with two attached hydrogens (primary N) is 1. The minimum absolute atomic E-state index is 0.0662. The maximum absolute atomic E-state index is 13.9. The van der Waals surface area contributed by atoms with E-state index in [0.717, 1.165) is 12.1 Å². The highest BCUT2D eigenvalue weighted by Crippen LogP contribution is 2.36. The second-order valence-electron chi connectivity index (χ2n) is 4.21. The molecule has 102 valence electrons. The number of anilines is 1. The molecule has 1 rings (SSSR count). The summed E-state index contributed by atoms with van der Waals surface area (Å²) in [5, 5.41) is 8.82. The first-order valence-corrected chi connectivity index (χ1v) is 5.66. The lowest BCUT2D eigenvalue weighted by Gasteiger charge is -2.26. The van der Waals surface area contributed by atoms with Gasteiger partial charge in [0.05, 0.1) is 19.1 Å². The standard InChI is InChI=1S/C13H14F2N2O2/c1-3-19-12(18)13(2,6-7-16)10-9(17)5-4-8(14)11(10)15/h4-5H,3,6,17H2,1-2H3. The summed E-state index contributed by atoms with van der Waals surface area (Å²) in [6.07, 6.45) is -0.365. The zero-order valence-electron chi connectivity index (χ0n) is 10.7. The average Bonchev–Trinajstić information content (AvgIpc) is 2.35. The van der Waals surface area contributed by atoms with Crippen molar-refractivity contribution in [2.45, 2.75) is 25.7 Å². The van der Waals surface area contributed by atoms with Gasteiger partial charge < -0.3 is 10.5 Å². The molecule has 1 aromatic carbocycles. The second kappa shape index (κ2) is 5.65. The molecule has 4 nitrogen and oxygen atoms in total. The molecule has 0 aliphatic carbocycles. The molecular weight excluding hydrogens is 254 g/mol. The summed E-state index contributed by atoms with van der Waals surface area (Å²) in [6, 6.07) is 3.80. The first kappa shape index (κ1) is 14.9. The molecule has 0 aliphatic rings. The summed E-state index contributed by atoms with van der Waals surface area (Å²) >= 11 is 0. The van der Waals surface area contributed by atoms with Crippen LogP contribution >= 0.6 is 0 Å². The predicted molar refractivity (Wildman–Crippen MR) is 65.0 cm³/mol. The molecule has 0 amide bonds. The molecule has 0 saturated carbocycles. The van der Waals surface area contributed by atoms with E-state index in [0.29, 0.717) is 0 Å². The number of nitrogens with zero attached hydrogens (tertiary/aromatic N) is 1. The molecule has 6 heteroatoms. The number of carbonyl (C=O) groups excluding carboxylic acids is 1. The van der Waals surface area contributed by atoms with E-state index in [1.54, 1.807) is 13.0 Å². The molecule has 1 atom stereocenters. The molecule has 0 bridgehead atoms. The van der Waals surface area contributed by atoms with Gasteiger partial charge in [-0.2, -0.15) is 5.26 Å². The van der Waals surface area contributed by atoms with Gasteiger partial charge in [-0.15, -0.1) is 0 Å². The first-order valence-electron chi connectivity index (χ1n) is 5.66. The maximum atomic E-state index is 13.9. The molecule has 0 spiro atoms. The highest BCUT2D eigenvalue weighted by atomic mass is 19.2. The van der Waals surface area contributed by atoms with Crippen LogP contribution in [0.25, 0.3) is 0 Å². The number of rotatable bonds is 4. The van der Waals surface area contributed by atoms with Gasteiger partial charge in [-0.25, -0.2) is 8.78 Å². The van der Waals surface area contributed by atoms with Crippen molar-refractivity contribution in [1.29, 1.82) is 5.26 Å². The van der Waals surface area contributed by atoms with Crippen LogP contribution < -0.4 is 5.73 Å². The maximum Gasteiger partial charge on any atom is 0.317 e. The molecule has 0 fully saturated rings. The summed E-state index contributed by atoms with van der Waals surface area (Å²) in [7, 11) is 0. The summed E-state index contributed by atoms with van der Waals surface area (Å²) < 4.78 is 32.1. The number of hydrogen-bond donors (Lipinski definition) is 1. The van der Waals surface area contributed by atoms with E-state index in [2.05, 4.69) is 0 Å². The molecule has 0 aliphatic heterocycles. The molecule has 19 heavy (non-hydrogen) atoms. The molecule has 1 aromatic rings. The van der Waals surface area contributed by atoms with Gasteiger partial charge in [0.25, 0.3) is 0 Å². The van der Waals surface area contributed by atoms with E-state index in [1.165, 1.54) is 6.92 Å². The number of benzene rings is 1. The van der Waals surface area contributed by atoms with Crippen molar-refractivity contribution in [3.05, 3.63) is 29.3 Å². The van der Waals surface area contributed by atoms with Crippen molar-refractivity contribution in [1.82, 2.24) is 0 Å². The van der Waals surface area contributed by atoms with Gasteiger partial charge in [0.1, 0.15) is 5.41 Å². The molecular formula is C13H14F2N2O2. The van der Waals surface area contributed by atoms with Crippen LogP contribution in [0.4, 0.5) is 14.5 Å². The van der Waals surface area contributed by atoms with Gasteiger partial charge in [0.2, 0.25) is 0 Å². The number of esters is 1. The monoisotopic (exact) mass is 268 g/mol. The van der Waals surface area contributed by atoms with Crippen LogP contribution in [0.3, 0.4) is 0 Å². The van der Waals surface area contributed by atoms with Gasteiger partial charge in [0, 0.05) is 11.3 Å². The van der Waals surface area contributed by atoms with Crippen LogP contribution in [-0.4, -0.2) is 12.6 Å². The molecule has 0 aromatic heterocycles. The van der Waals surface area contributed by atoms with Crippen LogP contribution in [0.2, 0.25) is 0 Å². The lowest BCUT2D eigenvalue weighted by atomic mass is 9.78. The highest BCUT2D eigenvalue weighted by molar-refractivity contribution is 5.85. The van der Waals surface area contributed by atoms with E-state index in [9.17, 15) is 13.6 Å². The zero-order chi connectivity index (χ0) is 14.6. The third-order valence-electron chi connectivity index (χ3n) is 2.84. The van der Waals surface area contributed by atoms with Crippen LogP contribution in [0.1, 0.15) is 25.8 Å². The number of carbonyl (C=O) groups is 1. The number of hydrogen-bond acceptors (Lipinski definition) is 4. The molecule has 0 radical (unpaired) electrons. The van der Waals surface area contributed by atoms with Gasteiger partial charge in [-0.05, 0) is 26.0 Å². The van der Waals surface area contributed by atoms with Gasteiger partial charge in [0.15, 0.2) is 11.6 Å². The normalized spacial score (nSPS) is 13.4. The fourth-order valence-corrected chi connectivity index (χ4v) is 1.84. The van der Waals surface area contributed by atoms with Crippen molar-refractivity contribution in [3.8, 4) is 6.07 Å². The number of halogens is 2. The van der Waals surface area contributed by atoms with Crippen LogP contribution in [0.5, 0.6) is 0 Å². The summed E-state index contributed by atoms with van der Waals surface area (Å²) in [6.45, 7) is 2.95. The van der Waals surface area contributed by atoms with Gasteiger partial charge >= 0.3 is 5.97 Å². The Bertz CT molecular complexity index is 540. The highest BCUT2D eigenvalue weighted by Gasteiger charge is 2.41. The van der Waals surface area contributed by atoms with Crippen molar-refractivity contribution in [2.24, 2.45) is 0 Å². The molecule has 1 unspecified atom stereocenters. The number of ether oxygens (including phenoxy) is 1. The van der Waals surface area contributed by atoms with Crippen LogP contribution in [0, 0.1) is 23.0 Å². The van der Waals surface area contributed by atoms with E-state index in [4.69, 9.17) is 15.7 Å². The van der Waals surface area contributed by atoms with Crippen LogP contribution in [0.15, 0.2) is 12.1 Å². The van der Waals surface area contributed by atoms with E-state index in [1.807, 2.05) is 0 Å². The summed E-state index contributed by atoms with van der Waals surface area (Å²) in [5.41, 5.74) is 3.55. The van der Waals surface area contributed by atoms with E-state index < -0.39 is 23.0 Å². The predicted octanol–water partition coefficient (Wildman–Crippen LogP) is 2.28. The first-order chi connectivity index (χ1) is 8.88. The number of nitriles is 1. The van der Waals surface area contributed by atoms with Crippen molar-refractivity contribution in [2.75, 3.05) is 12.3 Å². The fraction of sp³-hybridized carbons (Fsp3) is 0.385. The summed E-state index contributed by atoms with van der Waals surface area (Å²) in [4.78, 5) is 12.0. The Hall–Kier alpha value is -2.16. The number of nitrogen functional groups attached to an aromatic ring is 1. The fourth-order valence-electron chi connectivity index (χ4n) is 1.84. The van der Waals surface area contributed by atoms with Crippen LogP contribution in [-0.2, 0) is 14.9 Å². The Kier molecular flexibility index (Phi) is 4.43. The molecule has 0 saturated heterocycles. The Morgan fingerprint density at radius 1 is 1.53 bits per heavy atom. The Balaban J connectivity index is 3.47. The Morgan fingerprint density at radius 2 is 2.16 bits per heavy atom. The zero-order valence-corrected chi connectivity index (χ0v) is 10.7. The Labute approximate surface area is 109 Å². The lowest BCUT2D eigenvalue weighted by Crippen LogP contribution is -2.36. The average molecular weight is 268 g/mol. The SMILES string of the molecule is CCOC(=O)C(C)(CC#N)c1c(N)ccc(F)c1F. The van der Waals surface area contributed by atoms with Gasteiger partial charge in [-0.1, -0.05) is 0 Å².